The van der Waals surface area contributed by atoms with Crippen LogP contribution in [-0.4, -0.2) is 39.4 Å². The SMILES string of the molecule is COC(=O)C1COCCC12CNC2.Cl. The average molecular weight is 222 g/mol. The summed E-state index contributed by atoms with van der Waals surface area (Å²) in [6, 6.07) is 0. The van der Waals surface area contributed by atoms with E-state index in [0.29, 0.717) is 6.61 Å². The van der Waals surface area contributed by atoms with Crippen LogP contribution in [0.3, 0.4) is 0 Å². The zero-order valence-electron chi connectivity index (χ0n) is 8.25. The van der Waals surface area contributed by atoms with Crippen molar-refractivity contribution < 1.29 is 14.3 Å². The van der Waals surface area contributed by atoms with E-state index in [2.05, 4.69) is 5.32 Å². The van der Waals surface area contributed by atoms with Gasteiger partial charge >= 0.3 is 5.97 Å². The number of hydrogen-bond acceptors (Lipinski definition) is 4. The zero-order valence-corrected chi connectivity index (χ0v) is 9.06. The first-order valence-electron chi connectivity index (χ1n) is 4.65. The number of rotatable bonds is 1. The number of carbonyl (C=O) groups is 1. The van der Waals surface area contributed by atoms with Crippen LogP contribution in [0.5, 0.6) is 0 Å². The van der Waals surface area contributed by atoms with Crippen LogP contribution in [0.2, 0.25) is 0 Å². The molecule has 0 bridgehead atoms. The fraction of sp³-hybridized carbons (Fsp3) is 0.889. The van der Waals surface area contributed by atoms with Gasteiger partial charge in [0.1, 0.15) is 0 Å². The largest absolute Gasteiger partial charge is 0.469 e. The van der Waals surface area contributed by atoms with E-state index < -0.39 is 0 Å². The molecule has 2 rings (SSSR count). The monoisotopic (exact) mass is 221 g/mol. The van der Waals surface area contributed by atoms with Gasteiger partial charge in [0.25, 0.3) is 0 Å². The Balaban J connectivity index is 0.000000980. The smallest absolute Gasteiger partial charge is 0.311 e. The van der Waals surface area contributed by atoms with Crippen LogP contribution >= 0.6 is 12.4 Å². The van der Waals surface area contributed by atoms with E-state index >= 15 is 0 Å². The number of halogens is 1. The third-order valence-corrected chi connectivity index (χ3v) is 3.21. The Morgan fingerprint density at radius 2 is 2.29 bits per heavy atom. The van der Waals surface area contributed by atoms with Crippen molar-refractivity contribution in [1.82, 2.24) is 5.32 Å². The van der Waals surface area contributed by atoms with Crippen LogP contribution in [0.1, 0.15) is 6.42 Å². The van der Waals surface area contributed by atoms with Crippen LogP contribution < -0.4 is 5.32 Å². The van der Waals surface area contributed by atoms with Crippen molar-refractivity contribution in [2.75, 3.05) is 33.4 Å². The summed E-state index contributed by atoms with van der Waals surface area (Å²) in [5.41, 5.74) is 0.130. The minimum absolute atomic E-state index is 0. The quantitative estimate of drug-likeness (QED) is 0.643. The van der Waals surface area contributed by atoms with Gasteiger partial charge in [-0.2, -0.15) is 0 Å². The molecule has 2 heterocycles. The highest BCUT2D eigenvalue weighted by atomic mass is 35.5. The van der Waals surface area contributed by atoms with Gasteiger partial charge in [-0.25, -0.2) is 0 Å². The molecule has 0 amide bonds. The third kappa shape index (κ3) is 1.74. The minimum atomic E-state index is -0.124. The summed E-state index contributed by atoms with van der Waals surface area (Å²) >= 11 is 0. The molecular weight excluding hydrogens is 206 g/mol. The summed E-state index contributed by atoms with van der Waals surface area (Å²) in [5.74, 6) is -0.186. The van der Waals surface area contributed by atoms with Gasteiger partial charge in [-0.05, 0) is 6.42 Å². The van der Waals surface area contributed by atoms with Gasteiger partial charge < -0.3 is 14.8 Å². The van der Waals surface area contributed by atoms with Crippen LogP contribution in [0.15, 0.2) is 0 Å². The van der Waals surface area contributed by atoms with Crippen LogP contribution in [0.4, 0.5) is 0 Å². The first-order valence-corrected chi connectivity index (χ1v) is 4.65. The lowest BCUT2D eigenvalue weighted by Gasteiger charge is -2.49. The van der Waals surface area contributed by atoms with Crippen molar-refractivity contribution in [3.63, 3.8) is 0 Å². The molecule has 2 aliphatic rings. The zero-order chi connectivity index (χ0) is 9.31. The van der Waals surface area contributed by atoms with Crippen molar-refractivity contribution in [3.05, 3.63) is 0 Å². The lowest BCUT2D eigenvalue weighted by atomic mass is 9.67. The number of nitrogens with one attached hydrogen (secondary N) is 1. The molecule has 0 radical (unpaired) electrons. The standard InChI is InChI=1S/C9H15NO3.ClH/c1-12-8(11)7-4-13-3-2-9(7)5-10-6-9;/h7,10H,2-6H2,1H3;1H. The summed E-state index contributed by atoms with van der Waals surface area (Å²) < 4.78 is 10.1. The minimum Gasteiger partial charge on any atom is -0.469 e. The Morgan fingerprint density at radius 1 is 1.57 bits per heavy atom. The molecule has 2 saturated heterocycles. The molecule has 1 N–H and O–H groups in total. The predicted molar refractivity (Wildman–Crippen MR) is 53.5 cm³/mol. The summed E-state index contributed by atoms with van der Waals surface area (Å²) in [6.07, 6.45) is 0.972. The van der Waals surface area contributed by atoms with Gasteiger partial charge in [0.15, 0.2) is 0 Å². The molecule has 0 aliphatic carbocycles. The molecule has 82 valence electrons. The van der Waals surface area contributed by atoms with Gasteiger partial charge in [-0.3, -0.25) is 4.79 Å². The maximum absolute atomic E-state index is 11.4. The lowest BCUT2D eigenvalue weighted by molar-refractivity contribution is -0.163. The van der Waals surface area contributed by atoms with Gasteiger partial charge in [0.05, 0.1) is 19.6 Å². The molecule has 2 fully saturated rings. The highest BCUT2D eigenvalue weighted by Crippen LogP contribution is 2.39. The number of ether oxygens (including phenoxy) is 2. The molecule has 4 nitrogen and oxygen atoms in total. The third-order valence-electron chi connectivity index (χ3n) is 3.21. The van der Waals surface area contributed by atoms with Crippen molar-refractivity contribution in [2.24, 2.45) is 11.3 Å². The van der Waals surface area contributed by atoms with Crippen LogP contribution in [0, 0.1) is 11.3 Å². The van der Waals surface area contributed by atoms with E-state index in [1.165, 1.54) is 7.11 Å². The van der Waals surface area contributed by atoms with Gasteiger partial charge in [-0.1, -0.05) is 0 Å². The van der Waals surface area contributed by atoms with E-state index in [4.69, 9.17) is 9.47 Å². The van der Waals surface area contributed by atoms with Crippen molar-refractivity contribution >= 4 is 18.4 Å². The Hall–Kier alpha value is -0.320. The van der Waals surface area contributed by atoms with Crippen molar-refractivity contribution in [3.8, 4) is 0 Å². The second-order valence-corrected chi connectivity index (χ2v) is 3.87. The first-order chi connectivity index (χ1) is 6.28. The van der Waals surface area contributed by atoms with Crippen LogP contribution in [0.25, 0.3) is 0 Å². The number of carbonyl (C=O) groups excluding carboxylic acids is 1. The van der Waals surface area contributed by atoms with E-state index in [1.807, 2.05) is 0 Å². The van der Waals surface area contributed by atoms with Gasteiger partial charge in [0, 0.05) is 25.1 Å². The first kappa shape index (κ1) is 11.8. The van der Waals surface area contributed by atoms with Crippen molar-refractivity contribution in [2.45, 2.75) is 6.42 Å². The number of hydrogen-bond donors (Lipinski definition) is 1. The summed E-state index contributed by atoms with van der Waals surface area (Å²) in [5, 5.41) is 3.22. The highest BCUT2D eigenvalue weighted by molar-refractivity contribution is 5.85. The predicted octanol–water partition coefficient (Wildman–Crippen LogP) is 0.207. The lowest BCUT2D eigenvalue weighted by Crippen LogP contribution is -2.62. The average Bonchev–Trinajstić information content (AvgIpc) is 2.14. The molecule has 1 unspecified atom stereocenters. The molecule has 0 saturated carbocycles. The molecule has 5 heteroatoms. The normalized spacial score (nSPS) is 28.8. The second kappa shape index (κ2) is 4.47. The molecule has 1 atom stereocenters. The van der Waals surface area contributed by atoms with Gasteiger partial charge in [-0.15, -0.1) is 12.4 Å². The second-order valence-electron chi connectivity index (χ2n) is 3.87. The fourth-order valence-electron chi connectivity index (χ4n) is 2.16. The number of esters is 1. The molecule has 2 aliphatic heterocycles. The molecule has 0 aromatic carbocycles. The van der Waals surface area contributed by atoms with E-state index in [9.17, 15) is 4.79 Å². The molecule has 0 aromatic heterocycles. The Labute approximate surface area is 89.7 Å². The maximum Gasteiger partial charge on any atom is 0.311 e. The fourth-order valence-corrected chi connectivity index (χ4v) is 2.16. The molecule has 1 spiro atoms. The van der Waals surface area contributed by atoms with Crippen LogP contribution in [-0.2, 0) is 14.3 Å². The van der Waals surface area contributed by atoms with E-state index in [1.54, 1.807) is 0 Å². The van der Waals surface area contributed by atoms with Gasteiger partial charge in [0.2, 0.25) is 0 Å². The molecule has 14 heavy (non-hydrogen) atoms. The summed E-state index contributed by atoms with van der Waals surface area (Å²) in [4.78, 5) is 11.4. The van der Waals surface area contributed by atoms with Crippen molar-refractivity contribution in [1.29, 1.82) is 0 Å². The Kier molecular flexibility index (Phi) is 3.75. The maximum atomic E-state index is 11.4. The molecule has 0 aromatic rings. The number of methoxy groups -OCH3 is 1. The Morgan fingerprint density at radius 3 is 2.79 bits per heavy atom. The van der Waals surface area contributed by atoms with E-state index in [0.717, 1.165) is 26.1 Å². The Bertz CT molecular complexity index is 218. The summed E-state index contributed by atoms with van der Waals surface area (Å²) in [7, 11) is 1.44. The highest BCUT2D eigenvalue weighted by Gasteiger charge is 2.49. The summed E-state index contributed by atoms with van der Waals surface area (Å²) in [6.45, 7) is 3.15. The topological polar surface area (TPSA) is 47.6 Å². The van der Waals surface area contributed by atoms with E-state index in [-0.39, 0.29) is 29.7 Å². The molecular formula is C9H16ClNO3.